The molecular formula is C25H18ClF4N3O2. The van der Waals surface area contributed by atoms with Gasteiger partial charge in [0, 0.05) is 29.4 Å². The third-order valence-electron chi connectivity index (χ3n) is 5.34. The maximum absolute atomic E-state index is 14.4. The summed E-state index contributed by atoms with van der Waals surface area (Å²) in [4.78, 5) is 14.6. The summed E-state index contributed by atoms with van der Waals surface area (Å²) in [6, 6.07) is 17.0. The number of halogens is 5. The van der Waals surface area contributed by atoms with Gasteiger partial charge in [-0.2, -0.15) is 18.3 Å². The number of hydrogen-bond acceptors (Lipinski definition) is 3. The maximum atomic E-state index is 14.4. The van der Waals surface area contributed by atoms with Gasteiger partial charge < -0.3 is 10.0 Å². The molecular weight excluding hydrogens is 486 g/mol. The summed E-state index contributed by atoms with van der Waals surface area (Å²) in [7, 11) is 1.15. The summed E-state index contributed by atoms with van der Waals surface area (Å²) < 4.78 is 54.5. The topological polar surface area (TPSA) is 58.4 Å². The Labute approximate surface area is 202 Å². The predicted octanol–water partition coefficient (Wildman–Crippen LogP) is 6.45. The van der Waals surface area contributed by atoms with Crippen molar-refractivity contribution in [3.05, 3.63) is 100 Å². The van der Waals surface area contributed by atoms with Crippen LogP contribution in [0.1, 0.15) is 21.6 Å². The van der Waals surface area contributed by atoms with Crippen LogP contribution >= 0.6 is 11.6 Å². The fraction of sp³-hybridized carbons (Fsp3) is 0.120. The zero-order valence-electron chi connectivity index (χ0n) is 18.2. The smallest absolute Gasteiger partial charge is 0.433 e. The number of carbonyl (C=O) groups excluding carboxylic acids is 1. The molecule has 1 N–H and O–H groups in total. The number of rotatable bonds is 5. The number of alkyl halides is 3. The molecule has 4 rings (SSSR count). The van der Waals surface area contributed by atoms with Crippen LogP contribution < -0.4 is 4.90 Å². The number of aromatic nitrogens is 2. The number of phenolic OH excluding ortho intramolecular Hbond substituents is 1. The highest BCUT2D eigenvalue weighted by molar-refractivity contribution is 6.30. The molecule has 1 amide bonds. The first kappa shape index (κ1) is 24.3. The highest BCUT2D eigenvalue weighted by atomic mass is 35.5. The van der Waals surface area contributed by atoms with E-state index in [1.165, 1.54) is 41.3 Å². The maximum Gasteiger partial charge on any atom is 0.433 e. The molecule has 35 heavy (non-hydrogen) atoms. The quantitative estimate of drug-likeness (QED) is 0.318. The fourth-order valence-electron chi connectivity index (χ4n) is 3.60. The van der Waals surface area contributed by atoms with Crippen LogP contribution in [0.3, 0.4) is 0 Å². The van der Waals surface area contributed by atoms with E-state index in [1.807, 2.05) is 0 Å². The fourth-order valence-corrected chi connectivity index (χ4v) is 3.73. The van der Waals surface area contributed by atoms with E-state index in [4.69, 9.17) is 11.6 Å². The van der Waals surface area contributed by atoms with Crippen molar-refractivity contribution < 1.29 is 27.5 Å². The lowest BCUT2D eigenvalue weighted by atomic mass is 10.1. The van der Waals surface area contributed by atoms with Crippen LogP contribution in [-0.2, 0) is 19.8 Å². The Morgan fingerprint density at radius 2 is 1.74 bits per heavy atom. The Hall–Kier alpha value is -3.85. The van der Waals surface area contributed by atoms with Crippen molar-refractivity contribution in [2.24, 2.45) is 7.05 Å². The minimum atomic E-state index is -4.61. The molecule has 0 saturated carbocycles. The van der Waals surface area contributed by atoms with E-state index in [-0.39, 0.29) is 29.1 Å². The van der Waals surface area contributed by atoms with E-state index >= 15 is 0 Å². The van der Waals surface area contributed by atoms with E-state index in [1.54, 1.807) is 24.3 Å². The first-order valence-electron chi connectivity index (χ1n) is 10.3. The van der Waals surface area contributed by atoms with Crippen LogP contribution in [0.25, 0.3) is 11.3 Å². The molecule has 0 radical (unpaired) electrons. The summed E-state index contributed by atoms with van der Waals surface area (Å²) >= 11 is 5.94. The van der Waals surface area contributed by atoms with Gasteiger partial charge in [-0.3, -0.25) is 9.48 Å². The van der Waals surface area contributed by atoms with Crippen molar-refractivity contribution >= 4 is 23.2 Å². The van der Waals surface area contributed by atoms with Crippen LogP contribution in [0.2, 0.25) is 5.02 Å². The molecule has 3 aromatic carbocycles. The van der Waals surface area contributed by atoms with Gasteiger partial charge in [-0.05, 0) is 48.0 Å². The number of aromatic hydroxyl groups is 1. The van der Waals surface area contributed by atoms with Gasteiger partial charge in [0.1, 0.15) is 17.3 Å². The summed E-state index contributed by atoms with van der Waals surface area (Å²) in [5.41, 5.74) is -0.304. The molecule has 0 fully saturated rings. The second-order valence-corrected chi connectivity index (χ2v) is 8.17. The summed E-state index contributed by atoms with van der Waals surface area (Å²) in [5, 5.41) is 15.0. The number of phenols is 1. The Balaban J connectivity index is 1.74. The zero-order valence-corrected chi connectivity index (χ0v) is 19.0. The molecule has 4 aromatic rings. The molecule has 0 bridgehead atoms. The molecule has 5 nitrogen and oxygen atoms in total. The van der Waals surface area contributed by atoms with Crippen molar-refractivity contribution in [3.8, 4) is 17.0 Å². The van der Waals surface area contributed by atoms with Crippen LogP contribution in [-0.4, -0.2) is 20.8 Å². The van der Waals surface area contributed by atoms with Gasteiger partial charge in [0.2, 0.25) is 0 Å². The molecule has 0 atom stereocenters. The third-order valence-corrected chi connectivity index (χ3v) is 5.59. The van der Waals surface area contributed by atoms with Gasteiger partial charge in [-0.25, -0.2) is 4.39 Å². The Morgan fingerprint density at radius 1 is 1.06 bits per heavy atom. The predicted molar refractivity (Wildman–Crippen MR) is 124 cm³/mol. The third kappa shape index (κ3) is 5.14. The Morgan fingerprint density at radius 3 is 2.34 bits per heavy atom. The Bertz CT molecular complexity index is 1380. The first-order valence-corrected chi connectivity index (χ1v) is 10.7. The number of amides is 1. The second kappa shape index (κ2) is 9.42. The number of hydrogen-bond donors (Lipinski definition) is 1. The molecule has 180 valence electrons. The highest BCUT2D eigenvalue weighted by Crippen LogP contribution is 2.37. The molecule has 0 aliphatic heterocycles. The number of benzene rings is 3. The van der Waals surface area contributed by atoms with Crippen LogP contribution in [0, 0.1) is 5.82 Å². The Kier molecular flexibility index (Phi) is 6.53. The van der Waals surface area contributed by atoms with Gasteiger partial charge in [-0.1, -0.05) is 35.9 Å². The normalized spacial score (nSPS) is 11.5. The van der Waals surface area contributed by atoms with E-state index < -0.39 is 29.3 Å². The van der Waals surface area contributed by atoms with Crippen molar-refractivity contribution in [1.29, 1.82) is 0 Å². The van der Waals surface area contributed by atoms with Gasteiger partial charge >= 0.3 is 6.18 Å². The lowest BCUT2D eigenvalue weighted by Crippen LogP contribution is -2.31. The summed E-state index contributed by atoms with van der Waals surface area (Å²) in [6.45, 7) is 0.0188. The van der Waals surface area contributed by atoms with E-state index in [0.717, 1.165) is 19.2 Å². The zero-order chi connectivity index (χ0) is 25.3. The molecule has 1 aromatic heterocycles. The van der Waals surface area contributed by atoms with E-state index in [2.05, 4.69) is 5.10 Å². The minimum absolute atomic E-state index is 0.0188. The molecule has 10 heteroatoms. The SMILES string of the molecule is Cn1nc(-c2ccc(N(Cc3ccc(Cl)cc3)C(=O)c3ccccc3F)cc2O)cc1C(F)(F)F. The molecule has 0 spiro atoms. The lowest BCUT2D eigenvalue weighted by molar-refractivity contribution is -0.143. The number of anilines is 1. The van der Waals surface area contributed by atoms with Crippen LogP contribution in [0.15, 0.2) is 72.8 Å². The lowest BCUT2D eigenvalue weighted by Gasteiger charge is -2.24. The van der Waals surface area contributed by atoms with Gasteiger partial charge in [-0.15, -0.1) is 0 Å². The standard InChI is InChI=1S/C25H18ClF4N3O2/c1-32-23(25(28,29)30)13-21(31-32)19-11-10-17(12-22(19)34)33(14-15-6-8-16(26)9-7-15)24(35)18-4-2-3-5-20(18)27/h2-13,34H,14H2,1H3. The molecule has 0 aliphatic rings. The van der Waals surface area contributed by atoms with Crippen molar-refractivity contribution in [1.82, 2.24) is 9.78 Å². The average molecular weight is 504 g/mol. The van der Waals surface area contributed by atoms with Gasteiger partial charge in [0.05, 0.1) is 17.8 Å². The highest BCUT2D eigenvalue weighted by Gasteiger charge is 2.35. The molecule has 0 aliphatic carbocycles. The van der Waals surface area contributed by atoms with Crippen LogP contribution in [0.5, 0.6) is 5.75 Å². The monoisotopic (exact) mass is 503 g/mol. The summed E-state index contributed by atoms with van der Waals surface area (Å²) in [5.74, 6) is -1.77. The van der Waals surface area contributed by atoms with E-state index in [0.29, 0.717) is 15.3 Å². The van der Waals surface area contributed by atoms with Crippen molar-refractivity contribution in [2.45, 2.75) is 12.7 Å². The summed E-state index contributed by atoms with van der Waals surface area (Å²) in [6.07, 6.45) is -4.61. The van der Waals surface area contributed by atoms with Gasteiger partial charge in [0.15, 0.2) is 0 Å². The second-order valence-electron chi connectivity index (χ2n) is 7.74. The number of carbonyl (C=O) groups is 1. The van der Waals surface area contributed by atoms with Gasteiger partial charge in [0.25, 0.3) is 5.91 Å². The van der Waals surface area contributed by atoms with Crippen molar-refractivity contribution in [2.75, 3.05) is 4.90 Å². The van der Waals surface area contributed by atoms with Crippen LogP contribution in [0.4, 0.5) is 23.2 Å². The molecule has 0 saturated heterocycles. The molecule has 1 heterocycles. The minimum Gasteiger partial charge on any atom is -0.507 e. The number of aryl methyl sites for hydroxylation is 1. The van der Waals surface area contributed by atoms with Crippen molar-refractivity contribution in [3.63, 3.8) is 0 Å². The van der Waals surface area contributed by atoms with E-state index in [9.17, 15) is 27.5 Å². The number of nitrogens with zero attached hydrogens (tertiary/aromatic N) is 3. The molecule has 0 unspecified atom stereocenters. The first-order chi connectivity index (χ1) is 16.5. The average Bonchev–Trinajstić information content (AvgIpc) is 3.20. The largest absolute Gasteiger partial charge is 0.507 e.